The molecule has 5 nitrogen and oxygen atoms in total. The molecule has 1 aromatic rings. The van der Waals surface area contributed by atoms with Gasteiger partial charge < -0.3 is 11.1 Å². The maximum absolute atomic E-state index is 10.8. The third-order valence-corrected chi connectivity index (χ3v) is 2.99. The molecule has 0 atom stereocenters. The van der Waals surface area contributed by atoms with E-state index < -0.39 is 10.0 Å². The van der Waals surface area contributed by atoms with Gasteiger partial charge in [-0.1, -0.05) is 18.2 Å². The summed E-state index contributed by atoms with van der Waals surface area (Å²) in [6.07, 6.45) is 1.91. The van der Waals surface area contributed by atoms with Crippen LogP contribution in [-0.4, -0.2) is 27.8 Å². The standard InChI is InChI=1S/C11H19N3O2S/c1-17(15,16)14-8-4-7-13-9-10-5-2-3-6-11(10)12/h2-3,5-6,13-14H,4,7-9,12H2,1H3. The number of nitrogen functional groups attached to an aromatic ring is 1. The number of benzene rings is 1. The first kappa shape index (κ1) is 14.0. The Kier molecular flexibility index (Phi) is 5.40. The van der Waals surface area contributed by atoms with E-state index in [1.165, 1.54) is 0 Å². The van der Waals surface area contributed by atoms with Crippen LogP contribution in [0.15, 0.2) is 24.3 Å². The highest BCUT2D eigenvalue weighted by Crippen LogP contribution is 2.09. The fourth-order valence-corrected chi connectivity index (χ4v) is 1.90. The summed E-state index contributed by atoms with van der Waals surface area (Å²) in [7, 11) is -3.07. The third kappa shape index (κ3) is 6.25. The van der Waals surface area contributed by atoms with Crippen LogP contribution in [0.3, 0.4) is 0 Å². The van der Waals surface area contributed by atoms with Gasteiger partial charge in [0.15, 0.2) is 0 Å². The fraction of sp³-hybridized carbons (Fsp3) is 0.455. The second-order valence-electron chi connectivity index (χ2n) is 3.90. The van der Waals surface area contributed by atoms with Crippen molar-refractivity contribution in [1.29, 1.82) is 0 Å². The van der Waals surface area contributed by atoms with Crippen molar-refractivity contribution in [3.05, 3.63) is 29.8 Å². The summed E-state index contributed by atoms with van der Waals surface area (Å²) in [6, 6.07) is 7.67. The average Bonchev–Trinajstić information content (AvgIpc) is 2.24. The van der Waals surface area contributed by atoms with E-state index in [0.29, 0.717) is 13.1 Å². The van der Waals surface area contributed by atoms with Crippen molar-refractivity contribution in [3.63, 3.8) is 0 Å². The highest BCUT2D eigenvalue weighted by molar-refractivity contribution is 7.88. The molecular formula is C11H19N3O2S. The van der Waals surface area contributed by atoms with E-state index in [1.807, 2.05) is 24.3 Å². The molecule has 0 aliphatic carbocycles. The molecule has 1 rings (SSSR count). The zero-order chi connectivity index (χ0) is 12.7. The Morgan fingerprint density at radius 3 is 2.59 bits per heavy atom. The van der Waals surface area contributed by atoms with Gasteiger partial charge in [-0.05, 0) is 24.6 Å². The topological polar surface area (TPSA) is 84.2 Å². The summed E-state index contributed by atoms with van der Waals surface area (Å²) in [6.45, 7) is 1.90. The largest absolute Gasteiger partial charge is 0.398 e. The molecular weight excluding hydrogens is 238 g/mol. The van der Waals surface area contributed by atoms with E-state index in [0.717, 1.165) is 30.5 Å². The number of anilines is 1. The van der Waals surface area contributed by atoms with E-state index in [9.17, 15) is 8.42 Å². The number of rotatable bonds is 7. The summed E-state index contributed by atoms with van der Waals surface area (Å²) >= 11 is 0. The number of hydrogen-bond donors (Lipinski definition) is 3. The van der Waals surface area contributed by atoms with Crippen LogP contribution in [-0.2, 0) is 16.6 Å². The monoisotopic (exact) mass is 257 g/mol. The van der Waals surface area contributed by atoms with Gasteiger partial charge in [-0.15, -0.1) is 0 Å². The van der Waals surface area contributed by atoms with Crippen molar-refractivity contribution in [2.24, 2.45) is 0 Å². The maximum Gasteiger partial charge on any atom is 0.208 e. The first-order valence-electron chi connectivity index (χ1n) is 5.48. The lowest BCUT2D eigenvalue weighted by molar-refractivity contribution is 0.579. The molecule has 0 radical (unpaired) electrons. The van der Waals surface area contributed by atoms with E-state index in [1.54, 1.807) is 0 Å². The van der Waals surface area contributed by atoms with Crippen LogP contribution in [0.1, 0.15) is 12.0 Å². The van der Waals surface area contributed by atoms with Gasteiger partial charge in [0.25, 0.3) is 0 Å². The van der Waals surface area contributed by atoms with E-state index in [4.69, 9.17) is 5.73 Å². The van der Waals surface area contributed by atoms with Crippen LogP contribution < -0.4 is 15.8 Å². The smallest absolute Gasteiger partial charge is 0.208 e. The first-order valence-corrected chi connectivity index (χ1v) is 7.37. The molecule has 17 heavy (non-hydrogen) atoms. The molecule has 0 aliphatic rings. The van der Waals surface area contributed by atoms with Crippen LogP contribution in [0.4, 0.5) is 5.69 Å². The van der Waals surface area contributed by atoms with Crippen molar-refractivity contribution in [3.8, 4) is 0 Å². The molecule has 4 N–H and O–H groups in total. The Hall–Kier alpha value is -1.11. The SMILES string of the molecule is CS(=O)(=O)NCCCNCc1ccccc1N. The van der Waals surface area contributed by atoms with Gasteiger partial charge in [-0.25, -0.2) is 13.1 Å². The average molecular weight is 257 g/mol. The third-order valence-electron chi connectivity index (χ3n) is 2.27. The molecule has 6 heteroatoms. The van der Waals surface area contributed by atoms with Crippen molar-refractivity contribution < 1.29 is 8.42 Å². The second-order valence-corrected chi connectivity index (χ2v) is 5.73. The van der Waals surface area contributed by atoms with Gasteiger partial charge in [0.05, 0.1) is 6.26 Å². The molecule has 0 aromatic heterocycles. The van der Waals surface area contributed by atoms with Crippen LogP contribution in [0, 0.1) is 0 Å². The summed E-state index contributed by atoms with van der Waals surface area (Å²) in [5, 5.41) is 3.21. The Labute approximate surface area is 102 Å². The predicted molar refractivity (Wildman–Crippen MR) is 70.0 cm³/mol. The van der Waals surface area contributed by atoms with Crippen molar-refractivity contribution in [1.82, 2.24) is 10.0 Å². The van der Waals surface area contributed by atoms with Crippen LogP contribution in [0.2, 0.25) is 0 Å². The minimum absolute atomic E-state index is 0.454. The molecule has 0 unspecified atom stereocenters. The molecule has 0 heterocycles. The van der Waals surface area contributed by atoms with Gasteiger partial charge >= 0.3 is 0 Å². The summed E-state index contributed by atoms with van der Waals surface area (Å²) < 4.78 is 24.0. The lowest BCUT2D eigenvalue weighted by Gasteiger charge is -2.07. The summed E-state index contributed by atoms with van der Waals surface area (Å²) in [5.41, 5.74) is 7.62. The summed E-state index contributed by atoms with van der Waals surface area (Å²) in [4.78, 5) is 0. The van der Waals surface area contributed by atoms with Gasteiger partial charge in [0.2, 0.25) is 10.0 Å². The normalized spacial score (nSPS) is 11.6. The van der Waals surface area contributed by atoms with E-state index in [2.05, 4.69) is 10.0 Å². The van der Waals surface area contributed by atoms with Gasteiger partial charge in [-0.2, -0.15) is 0 Å². The maximum atomic E-state index is 10.8. The Morgan fingerprint density at radius 1 is 1.24 bits per heavy atom. The molecule has 0 fully saturated rings. The van der Waals surface area contributed by atoms with Crippen molar-refractivity contribution in [2.45, 2.75) is 13.0 Å². The number of sulfonamides is 1. The highest BCUT2D eigenvalue weighted by atomic mass is 32.2. The Bertz CT molecular complexity index is 446. The van der Waals surface area contributed by atoms with E-state index >= 15 is 0 Å². The lowest BCUT2D eigenvalue weighted by Crippen LogP contribution is -2.26. The fourth-order valence-electron chi connectivity index (χ4n) is 1.39. The van der Waals surface area contributed by atoms with Gasteiger partial charge in [0.1, 0.15) is 0 Å². The van der Waals surface area contributed by atoms with Crippen molar-refractivity contribution in [2.75, 3.05) is 25.1 Å². The number of nitrogens with one attached hydrogen (secondary N) is 2. The molecule has 0 saturated heterocycles. The zero-order valence-corrected chi connectivity index (χ0v) is 10.8. The first-order chi connectivity index (χ1) is 7.99. The number of para-hydroxylation sites is 1. The minimum atomic E-state index is -3.07. The zero-order valence-electron chi connectivity index (χ0n) is 9.94. The second kappa shape index (κ2) is 6.58. The van der Waals surface area contributed by atoms with Crippen LogP contribution in [0.5, 0.6) is 0 Å². The van der Waals surface area contributed by atoms with Gasteiger partial charge in [-0.3, -0.25) is 0 Å². The van der Waals surface area contributed by atoms with E-state index in [-0.39, 0.29) is 0 Å². The Balaban J connectivity index is 2.15. The minimum Gasteiger partial charge on any atom is -0.398 e. The molecule has 0 saturated carbocycles. The summed E-state index contributed by atoms with van der Waals surface area (Å²) in [5.74, 6) is 0. The lowest BCUT2D eigenvalue weighted by atomic mass is 10.2. The molecule has 1 aromatic carbocycles. The van der Waals surface area contributed by atoms with Crippen molar-refractivity contribution >= 4 is 15.7 Å². The molecule has 0 spiro atoms. The molecule has 96 valence electrons. The number of nitrogens with two attached hydrogens (primary N) is 1. The molecule has 0 aliphatic heterocycles. The van der Waals surface area contributed by atoms with Gasteiger partial charge in [0, 0.05) is 18.8 Å². The number of hydrogen-bond acceptors (Lipinski definition) is 4. The predicted octanol–water partition coefficient (Wildman–Crippen LogP) is 0.298. The highest BCUT2D eigenvalue weighted by Gasteiger charge is 1.99. The van der Waals surface area contributed by atoms with Crippen LogP contribution in [0.25, 0.3) is 0 Å². The molecule has 0 amide bonds. The Morgan fingerprint density at radius 2 is 1.94 bits per heavy atom. The molecule has 0 bridgehead atoms. The van der Waals surface area contributed by atoms with Crippen LogP contribution >= 0.6 is 0 Å². The quantitative estimate of drug-likeness (QED) is 0.484.